The van der Waals surface area contributed by atoms with Crippen LogP contribution in [0.1, 0.15) is 59.3 Å². The molecular weight excluding hydrogens is 153 g/mol. The Bertz CT molecular complexity index is 91.8. The van der Waals surface area contributed by atoms with E-state index < -0.39 is 5.67 Å². The molecule has 1 atom stereocenters. The predicted molar refractivity (Wildman–Crippen MR) is 53.6 cm³/mol. The van der Waals surface area contributed by atoms with Gasteiger partial charge < -0.3 is 6.15 Å². The SMILES string of the molecule is CCCCCC(C)(F)CCC.N. The van der Waals surface area contributed by atoms with Crippen molar-refractivity contribution in [1.29, 1.82) is 0 Å². The Labute approximate surface area is 76.3 Å². The Kier molecular flexibility index (Phi) is 9.05. The lowest BCUT2D eigenvalue weighted by molar-refractivity contribution is 0.155. The van der Waals surface area contributed by atoms with Crippen molar-refractivity contribution >= 4 is 0 Å². The van der Waals surface area contributed by atoms with Crippen LogP contribution in [0.3, 0.4) is 0 Å². The molecule has 0 aromatic carbocycles. The van der Waals surface area contributed by atoms with Gasteiger partial charge in [-0.15, -0.1) is 0 Å². The van der Waals surface area contributed by atoms with Crippen molar-refractivity contribution in [3.63, 3.8) is 0 Å². The molecule has 0 bridgehead atoms. The van der Waals surface area contributed by atoms with Gasteiger partial charge in [0, 0.05) is 0 Å². The van der Waals surface area contributed by atoms with Gasteiger partial charge in [-0.25, -0.2) is 4.39 Å². The first-order valence-corrected chi connectivity index (χ1v) is 4.81. The molecule has 0 aromatic heterocycles. The van der Waals surface area contributed by atoms with Crippen LogP contribution < -0.4 is 6.15 Å². The normalized spacial score (nSPS) is 15.0. The topological polar surface area (TPSA) is 35.0 Å². The van der Waals surface area contributed by atoms with E-state index in [2.05, 4.69) is 6.92 Å². The minimum absolute atomic E-state index is 0. The quantitative estimate of drug-likeness (QED) is 0.604. The molecule has 2 heteroatoms. The zero-order valence-corrected chi connectivity index (χ0v) is 8.83. The van der Waals surface area contributed by atoms with Crippen molar-refractivity contribution in [1.82, 2.24) is 6.15 Å². The second-order valence-corrected chi connectivity index (χ2v) is 3.62. The lowest BCUT2D eigenvalue weighted by Crippen LogP contribution is -2.16. The highest BCUT2D eigenvalue weighted by Crippen LogP contribution is 2.24. The van der Waals surface area contributed by atoms with Crippen LogP contribution in [0.25, 0.3) is 0 Å². The summed E-state index contributed by atoms with van der Waals surface area (Å²) in [6.45, 7) is 5.92. The number of hydrogen-bond acceptors (Lipinski definition) is 1. The van der Waals surface area contributed by atoms with Gasteiger partial charge in [-0.1, -0.05) is 39.5 Å². The average Bonchev–Trinajstić information content (AvgIpc) is 1.87. The van der Waals surface area contributed by atoms with E-state index in [1.54, 1.807) is 6.92 Å². The molecule has 3 N–H and O–H groups in total. The van der Waals surface area contributed by atoms with Gasteiger partial charge >= 0.3 is 0 Å². The molecule has 0 amide bonds. The van der Waals surface area contributed by atoms with Crippen molar-refractivity contribution in [2.75, 3.05) is 0 Å². The second kappa shape index (κ2) is 7.53. The molecular formula is C10H24FN. The maximum atomic E-state index is 13.4. The fourth-order valence-corrected chi connectivity index (χ4v) is 1.39. The van der Waals surface area contributed by atoms with Crippen molar-refractivity contribution < 1.29 is 4.39 Å². The Hall–Kier alpha value is -0.110. The van der Waals surface area contributed by atoms with E-state index in [1.165, 1.54) is 12.8 Å². The van der Waals surface area contributed by atoms with Crippen LogP contribution >= 0.6 is 0 Å². The highest BCUT2D eigenvalue weighted by molar-refractivity contribution is 4.71. The van der Waals surface area contributed by atoms with E-state index in [0.717, 1.165) is 25.7 Å². The molecule has 12 heavy (non-hydrogen) atoms. The molecule has 1 unspecified atom stereocenters. The molecule has 0 heterocycles. The smallest absolute Gasteiger partial charge is 0.108 e. The van der Waals surface area contributed by atoms with Crippen LogP contribution in [0.2, 0.25) is 0 Å². The minimum atomic E-state index is -0.899. The fourth-order valence-electron chi connectivity index (χ4n) is 1.39. The molecule has 0 aliphatic carbocycles. The molecule has 0 spiro atoms. The van der Waals surface area contributed by atoms with Crippen LogP contribution in [-0.2, 0) is 0 Å². The largest absolute Gasteiger partial charge is 0.344 e. The molecule has 0 aromatic rings. The van der Waals surface area contributed by atoms with E-state index in [-0.39, 0.29) is 6.15 Å². The molecule has 0 saturated heterocycles. The summed E-state index contributed by atoms with van der Waals surface area (Å²) in [5.41, 5.74) is -0.899. The molecule has 0 aliphatic heterocycles. The number of rotatable bonds is 6. The number of halogens is 1. The van der Waals surface area contributed by atoms with E-state index in [9.17, 15) is 4.39 Å². The predicted octanol–water partition coefficient (Wildman–Crippen LogP) is 4.26. The molecule has 0 radical (unpaired) electrons. The van der Waals surface area contributed by atoms with Gasteiger partial charge in [-0.3, -0.25) is 0 Å². The van der Waals surface area contributed by atoms with Crippen LogP contribution in [0.4, 0.5) is 4.39 Å². The summed E-state index contributed by atoms with van der Waals surface area (Å²) in [4.78, 5) is 0. The van der Waals surface area contributed by atoms with Gasteiger partial charge in [-0.05, 0) is 19.8 Å². The van der Waals surface area contributed by atoms with Crippen molar-refractivity contribution in [2.24, 2.45) is 0 Å². The monoisotopic (exact) mass is 177 g/mol. The first-order chi connectivity index (χ1) is 5.12. The first kappa shape index (κ1) is 14.4. The standard InChI is InChI=1S/C10H21F.H3N/c1-4-6-7-9-10(3,11)8-5-2;/h4-9H2,1-3H3;1H3. The summed E-state index contributed by atoms with van der Waals surface area (Å²) in [5, 5.41) is 0. The van der Waals surface area contributed by atoms with Gasteiger partial charge in [0.2, 0.25) is 0 Å². The molecule has 0 aliphatic rings. The first-order valence-electron chi connectivity index (χ1n) is 4.81. The van der Waals surface area contributed by atoms with Crippen LogP contribution in [0, 0.1) is 0 Å². The third-order valence-corrected chi connectivity index (χ3v) is 2.07. The number of unbranched alkanes of at least 4 members (excludes halogenated alkanes) is 2. The van der Waals surface area contributed by atoms with Gasteiger partial charge in [0.05, 0.1) is 0 Å². The zero-order chi connectivity index (χ0) is 8.74. The summed E-state index contributed by atoms with van der Waals surface area (Å²) in [6, 6.07) is 0. The summed E-state index contributed by atoms with van der Waals surface area (Å²) < 4.78 is 13.4. The van der Waals surface area contributed by atoms with E-state index >= 15 is 0 Å². The van der Waals surface area contributed by atoms with Gasteiger partial charge in [0.25, 0.3) is 0 Å². The zero-order valence-electron chi connectivity index (χ0n) is 8.83. The third kappa shape index (κ3) is 7.99. The van der Waals surface area contributed by atoms with Crippen LogP contribution in [0.15, 0.2) is 0 Å². The Morgan fingerprint density at radius 1 is 1.00 bits per heavy atom. The van der Waals surface area contributed by atoms with Gasteiger partial charge in [-0.2, -0.15) is 0 Å². The number of alkyl halides is 1. The second-order valence-electron chi connectivity index (χ2n) is 3.62. The van der Waals surface area contributed by atoms with Crippen molar-refractivity contribution in [2.45, 2.75) is 65.0 Å². The van der Waals surface area contributed by atoms with Gasteiger partial charge in [0.1, 0.15) is 5.67 Å². The van der Waals surface area contributed by atoms with E-state index in [1.807, 2.05) is 6.92 Å². The minimum Gasteiger partial charge on any atom is -0.344 e. The molecule has 0 rings (SSSR count). The summed E-state index contributed by atoms with van der Waals surface area (Å²) >= 11 is 0. The fraction of sp³-hybridized carbons (Fsp3) is 1.00. The van der Waals surface area contributed by atoms with Crippen molar-refractivity contribution in [3.8, 4) is 0 Å². The van der Waals surface area contributed by atoms with Crippen molar-refractivity contribution in [3.05, 3.63) is 0 Å². The highest BCUT2D eigenvalue weighted by atomic mass is 19.1. The maximum Gasteiger partial charge on any atom is 0.108 e. The maximum absolute atomic E-state index is 13.4. The lowest BCUT2D eigenvalue weighted by atomic mass is 9.95. The van der Waals surface area contributed by atoms with Crippen LogP contribution in [0.5, 0.6) is 0 Å². The lowest BCUT2D eigenvalue weighted by Gasteiger charge is -2.18. The molecule has 76 valence electrons. The number of hydrogen-bond donors (Lipinski definition) is 1. The van der Waals surface area contributed by atoms with E-state index in [4.69, 9.17) is 0 Å². The van der Waals surface area contributed by atoms with Crippen LogP contribution in [-0.4, -0.2) is 5.67 Å². The molecule has 0 saturated carbocycles. The Morgan fingerprint density at radius 3 is 2.00 bits per heavy atom. The van der Waals surface area contributed by atoms with Gasteiger partial charge in [0.15, 0.2) is 0 Å². The average molecular weight is 177 g/mol. The summed E-state index contributed by atoms with van der Waals surface area (Å²) in [7, 11) is 0. The summed E-state index contributed by atoms with van der Waals surface area (Å²) in [5.74, 6) is 0. The molecule has 0 fully saturated rings. The Morgan fingerprint density at radius 2 is 1.58 bits per heavy atom. The third-order valence-electron chi connectivity index (χ3n) is 2.07. The Balaban J connectivity index is 0. The molecule has 1 nitrogen and oxygen atoms in total. The summed E-state index contributed by atoms with van der Waals surface area (Å²) in [6.07, 6.45) is 5.82. The highest BCUT2D eigenvalue weighted by Gasteiger charge is 2.20. The van der Waals surface area contributed by atoms with E-state index in [0.29, 0.717) is 0 Å².